The van der Waals surface area contributed by atoms with Crippen LogP contribution in [0.15, 0.2) is 42.6 Å². The van der Waals surface area contributed by atoms with Crippen molar-refractivity contribution in [3.8, 4) is 6.07 Å². The number of nitriles is 1. The number of hydrogen-bond donors (Lipinski definition) is 1. The predicted octanol–water partition coefficient (Wildman–Crippen LogP) is 1.85. The van der Waals surface area contributed by atoms with E-state index in [1.807, 2.05) is 4.90 Å². The van der Waals surface area contributed by atoms with Crippen LogP contribution in [0.25, 0.3) is 0 Å². The first kappa shape index (κ1) is 16.9. The molecule has 0 atom stereocenters. The summed E-state index contributed by atoms with van der Waals surface area (Å²) in [6.07, 6.45) is 1.68. The molecule has 1 fully saturated rings. The molecule has 1 aromatic heterocycles. The van der Waals surface area contributed by atoms with Crippen molar-refractivity contribution >= 4 is 17.4 Å². The molecule has 0 unspecified atom stereocenters. The second-order valence-corrected chi connectivity index (χ2v) is 5.80. The summed E-state index contributed by atoms with van der Waals surface area (Å²) in [4.78, 5) is 20.5. The number of anilines is 2. The number of amides is 1. The molecule has 1 aliphatic heterocycles. The SMILES string of the molecule is N#Cc1cccnc1N1CCN(CC(=O)Nc2ccc(F)cc2)CC1. The number of piperazine rings is 1. The van der Waals surface area contributed by atoms with Crippen LogP contribution in [-0.2, 0) is 4.79 Å². The Kier molecular flexibility index (Phi) is 5.21. The predicted molar refractivity (Wildman–Crippen MR) is 92.6 cm³/mol. The van der Waals surface area contributed by atoms with Gasteiger partial charge in [-0.1, -0.05) is 0 Å². The van der Waals surface area contributed by atoms with Crippen molar-refractivity contribution in [3.05, 3.63) is 54.0 Å². The van der Waals surface area contributed by atoms with Crippen molar-refractivity contribution in [2.75, 3.05) is 42.9 Å². The molecule has 1 N–H and O–H groups in total. The monoisotopic (exact) mass is 339 g/mol. The van der Waals surface area contributed by atoms with Crippen LogP contribution < -0.4 is 10.2 Å². The maximum atomic E-state index is 12.9. The van der Waals surface area contributed by atoms with E-state index in [0.29, 0.717) is 43.2 Å². The van der Waals surface area contributed by atoms with E-state index in [9.17, 15) is 14.4 Å². The zero-order valence-corrected chi connectivity index (χ0v) is 13.7. The number of pyridine rings is 1. The number of nitrogens with zero attached hydrogens (tertiary/aromatic N) is 4. The second kappa shape index (κ2) is 7.73. The molecule has 2 heterocycles. The van der Waals surface area contributed by atoms with E-state index in [1.165, 1.54) is 24.3 Å². The first-order chi connectivity index (χ1) is 12.2. The van der Waals surface area contributed by atoms with Gasteiger partial charge in [0, 0.05) is 38.1 Å². The van der Waals surface area contributed by atoms with Crippen LogP contribution in [0, 0.1) is 17.1 Å². The minimum atomic E-state index is -0.333. The van der Waals surface area contributed by atoms with Crippen LogP contribution in [-0.4, -0.2) is 48.5 Å². The number of benzene rings is 1. The Balaban J connectivity index is 1.51. The summed E-state index contributed by atoms with van der Waals surface area (Å²) in [5.41, 5.74) is 1.14. The van der Waals surface area contributed by atoms with E-state index in [-0.39, 0.29) is 18.3 Å². The lowest BCUT2D eigenvalue weighted by atomic mass is 10.2. The Morgan fingerprint density at radius 1 is 1.20 bits per heavy atom. The zero-order valence-electron chi connectivity index (χ0n) is 13.7. The van der Waals surface area contributed by atoms with Gasteiger partial charge < -0.3 is 10.2 Å². The summed E-state index contributed by atoms with van der Waals surface area (Å²) in [6, 6.07) is 11.4. The van der Waals surface area contributed by atoms with Gasteiger partial charge in [0.25, 0.3) is 0 Å². The summed E-state index contributed by atoms with van der Waals surface area (Å²) in [6.45, 7) is 3.10. The minimum absolute atomic E-state index is 0.129. The standard InChI is InChI=1S/C18H18FN5O/c19-15-3-5-16(6-4-15)22-17(25)13-23-8-10-24(11-9-23)18-14(12-20)2-1-7-21-18/h1-7H,8-11,13H2,(H,22,25). The van der Waals surface area contributed by atoms with E-state index in [4.69, 9.17) is 0 Å². The van der Waals surface area contributed by atoms with E-state index in [0.717, 1.165) is 0 Å². The fourth-order valence-corrected chi connectivity index (χ4v) is 2.79. The molecule has 2 aromatic rings. The second-order valence-electron chi connectivity index (χ2n) is 5.80. The smallest absolute Gasteiger partial charge is 0.238 e. The van der Waals surface area contributed by atoms with Gasteiger partial charge in [-0.2, -0.15) is 5.26 Å². The maximum absolute atomic E-state index is 12.9. The van der Waals surface area contributed by atoms with E-state index in [2.05, 4.69) is 21.3 Å². The number of hydrogen-bond acceptors (Lipinski definition) is 5. The number of aromatic nitrogens is 1. The molecule has 0 bridgehead atoms. The van der Waals surface area contributed by atoms with Gasteiger partial charge in [0.2, 0.25) is 5.91 Å². The van der Waals surface area contributed by atoms with Crippen molar-refractivity contribution in [1.82, 2.24) is 9.88 Å². The molecule has 1 amide bonds. The van der Waals surface area contributed by atoms with E-state index < -0.39 is 0 Å². The molecule has 0 radical (unpaired) electrons. The van der Waals surface area contributed by atoms with Crippen molar-refractivity contribution < 1.29 is 9.18 Å². The lowest BCUT2D eigenvalue weighted by Crippen LogP contribution is -2.49. The van der Waals surface area contributed by atoms with Crippen molar-refractivity contribution in [2.45, 2.75) is 0 Å². The maximum Gasteiger partial charge on any atom is 0.238 e. The Morgan fingerprint density at radius 2 is 1.92 bits per heavy atom. The summed E-state index contributed by atoms with van der Waals surface area (Å²) in [5, 5.41) is 11.9. The molecule has 128 valence electrons. The third-order valence-corrected chi connectivity index (χ3v) is 4.07. The van der Waals surface area contributed by atoms with Gasteiger partial charge in [-0.05, 0) is 36.4 Å². The molecule has 0 aliphatic carbocycles. The Bertz CT molecular complexity index is 779. The van der Waals surface area contributed by atoms with Gasteiger partial charge in [-0.15, -0.1) is 0 Å². The van der Waals surface area contributed by atoms with Crippen molar-refractivity contribution in [2.24, 2.45) is 0 Å². The average Bonchev–Trinajstić information content (AvgIpc) is 2.64. The third-order valence-electron chi connectivity index (χ3n) is 4.07. The van der Waals surface area contributed by atoms with Crippen LogP contribution >= 0.6 is 0 Å². The highest BCUT2D eigenvalue weighted by atomic mass is 19.1. The topological polar surface area (TPSA) is 72.3 Å². The van der Waals surface area contributed by atoms with Gasteiger partial charge in [-0.25, -0.2) is 9.37 Å². The van der Waals surface area contributed by atoms with Crippen LogP contribution in [0.5, 0.6) is 0 Å². The number of rotatable bonds is 4. The molecular formula is C18H18FN5O. The lowest BCUT2D eigenvalue weighted by Gasteiger charge is -2.35. The van der Waals surface area contributed by atoms with E-state index in [1.54, 1.807) is 18.3 Å². The van der Waals surface area contributed by atoms with Crippen molar-refractivity contribution in [1.29, 1.82) is 5.26 Å². The molecule has 25 heavy (non-hydrogen) atoms. The quantitative estimate of drug-likeness (QED) is 0.920. The van der Waals surface area contributed by atoms with Crippen molar-refractivity contribution in [3.63, 3.8) is 0 Å². The minimum Gasteiger partial charge on any atom is -0.353 e. The van der Waals surface area contributed by atoms with Crippen LogP contribution in [0.3, 0.4) is 0 Å². The number of nitrogens with one attached hydrogen (secondary N) is 1. The summed E-state index contributed by atoms with van der Waals surface area (Å²) < 4.78 is 12.9. The first-order valence-corrected chi connectivity index (χ1v) is 8.03. The molecular weight excluding hydrogens is 321 g/mol. The van der Waals surface area contributed by atoms with Gasteiger partial charge in [-0.3, -0.25) is 9.69 Å². The molecule has 1 aliphatic rings. The highest BCUT2D eigenvalue weighted by molar-refractivity contribution is 5.92. The largest absolute Gasteiger partial charge is 0.353 e. The number of halogens is 1. The lowest BCUT2D eigenvalue weighted by molar-refractivity contribution is -0.117. The fourth-order valence-electron chi connectivity index (χ4n) is 2.79. The van der Waals surface area contributed by atoms with Crippen LogP contribution in [0.1, 0.15) is 5.56 Å². The number of carbonyl (C=O) groups excluding carboxylic acids is 1. The van der Waals surface area contributed by atoms with Gasteiger partial charge in [0.1, 0.15) is 17.7 Å². The molecule has 0 spiro atoms. The summed E-state index contributed by atoms with van der Waals surface area (Å²) in [5.74, 6) is 0.233. The number of carbonyl (C=O) groups is 1. The Hall–Kier alpha value is -2.98. The highest BCUT2D eigenvalue weighted by Gasteiger charge is 2.21. The normalized spacial score (nSPS) is 14.8. The van der Waals surface area contributed by atoms with Crippen LogP contribution in [0.2, 0.25) is 0 Å². The Morgan fingerprint density at radius 3 is 2.60 bits per heavy atom. The van der Waals surface area contributed by atoms with Crippen LogP contribution in [0.4, 0.5) is 15.9 Å². The molecule has 0 saturated carbocycles. The fraction of sp³-hybridized carbons (Fsp3) is 0.278. The average molecular weight is 339 g/mol. The molecule has 3 rings (SSSR count). The third kappa shape index (κ3) is 4.31. The molecule has 1 aromatic carbocycles. The van der Waals surface area contributed by atoms with Gasteiger partial charge in [0.15, 0.2) is 0 Å². The zero-order chi connectivity index (χ0) is 17.6. The molecule has 6 nitrogen and oxygen atoms in total. The highest BCUT2D eigenvalue weighted by Crippen LogP contribution is 2.18. The molecule has 7 heteroatoms. The molecule has 1 saturated heterocycles. The van der Waals surface area contributed by atoms with E-state index >= 15 is 0 Å². The first-order valence-electron chi connectivity index (χ1n) is 8.03. The van der Waals surface area contributed by atoms with Gasteiger partial charge in [0.05, 0.1) is 12.1 Å². The Labute approximate surface area is 145 Å². The van der Waals surface area contributed by atoms with Gasteiger partial charge >= 0.3 is 0 Å². The summed E-state index contributed by atoms with van der Waals surface area (Å²) in [7, 11) is 0. The summed E-state index contributed by atoms with van der Waals surface area (Å²) >= 11 is 0.